The van der Waals surface area contributed by atoms with Crippen LogP contribution in [0, 0.1) is 47.3 Å². The third-order valence-corrected chi connectivity index (χ3v) is 5.58. The minimum absolute atomic E-state index is 0.338. The van der Waals surface area contributed by atoms with Crippen LogP contribution in [0.3, 0.4) is 0 Å². The summed E-state index contributed by atoms with van der Waals surface area (Å²) in [5.41, 5.74) is 0. The molecule has 0 aromatic carbocycles. The molecule has 7 unspecified atom stereocenters. The highest BCUT2D eigenvalue weighted by molar-refractivity contribution is 5.78. The Kier molecular flexibility index (Phi) is 8.76. The second kappa shape index (κ2) is 9.54. The van der Waals surface area contributed by atoms with Crippen molar-refractivity contribution < 1.29 is 39.6 Å². The van der Waals surface area contributed by atoms with E-state index in [9.17, 15) is 34.5 Å². The fraction of sp³-hybridized carbons (Fsp3) is 0.778. The van der Waals surface area contributed by atoms with Crippen molar-refractivity contribution in [3.05, 3.63) is 0 Å². The zero-order valence-electron chi connectivity index (χ0n) is 16.0. The number of rotatable bonds is 11. The number of carboxylic acid groups (broad SMARTS) is 4. The van der Waals surface area contributed by atoms with Gasteiger partial charge in [0, 0.05) is 0 Å². The summed E-state index contributed by atoms with van der Waals surface area (Å²) in [7, 11) is 0. The highest BCUT2D eigenvalue weighted by atomic mass is 16.4. The van der Waals surface area contributed by atoms with Crippen LogP contribution in [0.2, 0.25) is 0 Å². The van der Waals surface area contributed by atoms with E-state index in [1.807, 2.05) is 0 Å². The van der Waals surface area contributed by atoms with Crippen molar-refractivity contribution in [2.75, 3.05) is 0 Å². The maximum Gasteiger partial charge on any atom is 0.307 e. The first kappa shape index (κ1) is 23.9. The lowest BCUT2D eigenvalue weighted by Crippen LogP contribution is -2.44. The normalized spacial score (nSPS) is 19.7. The SMILES string of the molecule is CC(C)C(C(=O)O)C(C)C(C(=O)O)C(C)C(C(=O)O)C(C)C(C)C(=O)O. The van der Waals surface area contributed by atoms with Crippen molar-refractivity contribution in [2.45, 2.75) is 41.5 Å². The van der Waals surface area contributed by atoms with Gasteiger partial charge in [-0.05, 0) is 23.7 Å². The van der Waals surface area contributed by atoms with Gasteiger partial charge in [0.1, 0.15) is 0 Å². The van der Waals surface area contributed by atoms with Crippen LogP contribution in [0.15, 0.2) is 0 Å². The van der Waals surface area contributed by atoms with Crippen molar-refractivity contribution in [1.29, 1.82) is 0 Å². The van der Waals surface area contributed by atoms with Gasteiger partial charge < -0.3 is 20.4 Å². The Morgan fingerprint density at radius 1 is 0.500 bits per heavy atom. The van der Waals surface area contributed by atoms with E-state index in [4.69, 9.17) is 5.11 Å². The van der Waals surface area contributed by atoms with E-state index in [1.54, 1.807) is 13.8 Å². The van der Waals surface area contributed by atoms with Crippen molar-refractivity contribution in [1.82, 2.24) is 0 Å². The quantitative estimate of drug-likeness (QED) is 0.430. The van der Waals surface area contributed by atoms with Crippen LogP contribution in [0.25, 0.3) is 0 Å². The molecular formula is C18H30O8. The molecule has 0 saturated heterocycles. The highest BCUT2D eigenvalue weighted by Gasteiger charge is 2.46. The average Bonchev–Trinajstić information content (AvgIpc) is 2.44. The van der Waals surface area contributed by atoms with Gasteiger partial charge in [-0.25, -0.2) is 0 Å². The molecule has 0 bridgehead atoms. The lowest BCUT2D eigenvalue weighted by Gasteiger charge is -2.37. The molecular weight excluding hydrogens is 344 g/mol. The maximum absolute atomic E-state index is 11.9. The smallest absolute Gasteiger partial charge is 0.307 e. The molecule has 0 aliphatic heterocycles. The number of hydrogen-bond acceptors (Lipinski definition) is 4. The Morgan fingerprint density at radius 3 is 1.08 bits per heavy atom. The van der Waals surface area contributed by atoms with E-state index in [1.165, 1.54) is 27.7 Å². The van der Waals surface area contributed by atoms with Gasteiger partial charge in [-0.2, -0.15) is 0 Å². The van der Waals surface area contributed by atoms with E-state index >= 15 is 0 Å². The molecule has 8 heteroatoms. The summed E-state index contributed by atoms with van der Waals surface area (Å²) in [5.74, 6) is -12.2. The van der Waals surface area contributed by atoms with E-state index in [0.717, 1.165) is 0 Å². The second-order valence-electron chi connectivity index (χ2n) is 7.54. The van der Waals surface area contributed by atoms with Crippen LogP contribution >= 0.6 is 0 Å². The fourth-order valence-corrected chi connectivity index (χ4v) is 3.96. The monoisotopic (exact) mass is 374 g/mol. The molecule has 0 saturated carbocycles. The minimum atomic E-state index is -1.28. The zero-order valence-corrected chi connectivity index (χ0v) is 16.0. The molecule has 0 amide bonds. The number of hydrogen-bond donors (Lipinski definition) is 4. The number of aliphatic carboxylic acids is 4. The molecule has 0 aromatic heterocycles. The molecule has 0 rings (SSSR count). The summed E-state index contributed by atoms with van der Waals surface area (Å²) in [4.78, 5) is 46.5. The molecule has 0 heterocycles. The van der Waals surface area contributed by atoms with Crippen LogP contribution in [-0.4, -0.2) is 44.3 Å². The van der Waals surface area contributed by atoms with Gasteiger partial charge in [-0.3, -0.25) is 19.2 Å². The minimum Gasteiger partial charge on any atom is -0.481 e. The van der Waals surface area contributed by atoms with Crippen LogP contribution < -0.4 is 0 Å². The Morgan fingerprint density at radius 2 is 0.808 bits per heavy atom. The topological polar surface area (TPSA) is 149 Å². The van der Waals surface area contributed by atoms with Gasteiger partial charge in [-0.1, -0.05) is 41.5 Å². The summed E-state index contributed by atoms with van der Waals surface area (Å²) in [6.07, 6.45) is 0. The van der Waals surface area contributed by atoms with E-state index < -0.39 is 65.3 Å². The Balaban J connectivity index is 5.96. The molecule has 0 aliphatic carbocycles. The van der Waals surface area contributed by atoms with E-state index in [0.29, 0.717) is 0 Å². The van der Waals surface area contributed by atoms with Gasteiger partial charge >= 0.3 is 23.9 Å². The van der Waals surface area contributed by atoms with E-state index in [2.05, 4.69) is 0 Å². The zero-order chi connectivity index (χ0) is 20.9. The van der Waals surface area contributed by atoms with Crippen LogP contribution in [0.1, 0.15) is 41.5 Å². The summed E-state index contributed by atoms with van der Waals surface area (Å²) in [6.45, 7) is 9.12. The fourth-order valence-electron chi connectivity index (χ4n) is 3.96. The van der Waals surface area contributed by atoms with E-state index in [-0.39, 0.29) is 5.92 Å². The third kappa shape index (κ3) is 5.44. The molecule has 8 nitrogen and oxygen atoms in total. The molecule has 0 spiro atoms. The molecule has 0 fully saturated rings. The highest BCUT2D eigenvalue weighted by Crippen LogP contribution is 2.39. The van der Waals surface area contributed by atoms with Crippen molar-refractivity contribution in [3.63, 3.8) is 0 Å². The largest absolute Gasteiger partial charge is 0.481 e. The first-order valence-electron chi connectivity index (χ1n) is 8.66. The molecule has 7 atom stereocenters. The number of carbonyl (C=O) groups is 4. The summed E-state index contributed by atoms with van der Waals surface area (Å²) >= 11 is 0. The molecule has 0 aromatic rings. The molecule has 26 heavy (non-hydrogen) atoms. The van der Waals surface area contributed by atoms with Crippen molar-refractivity contribution >= 4 is 23.9 Å². The van der Waals surface area contributed by atoms with Gasteiger partial charge in [0.05, 0.1) is 23.7 Å². The predicted molar refractivity (Wildman–Crippen MR) is 92.5 cm³/mol. The molecule has 0 radical (unpaired) electrons. The predicted octanol–water partition coefficient (Wildman–Crippen LogP) is 2.37. The van der Waals surface area contributed by atoms with Crippen LogP contribution in [0.5, 0.6) is 0 Å². The third-order valence-electron chi connectivity index (χ3n) is 5.58. The van der Waals surface area contributed by atoms with Crippen molar-refractivity contribution in [2.24, 2.45) is 47.3 Å². The summed E-state index contributed by atoms with van der Waals surface area (Å²) in [6, 6.07) is 0. The first-order valence-corrected chi connectivity index (χ1v) is 8.66. The molecule has 150 valence electrons. The standard InChI is InChI=1S/C18H30O8/c1-7(2)12(16(21)22)10(5)14(18(25)26)11(6)13(17(23)24)8(3)9(4)15(19)20/h7-14H,1-6H3,(H,19,20)(H,21,22)(H,23,24)(H,25,26). The molecule has 4 N–H and O–H groups in total. The molecule has 0 aliphatic rings. The first-order chi connectivity index (χ1) is 11.7. The lowest BCUT2D eigenvalue weighted by atomic mass is 9.66. The van der Waals surface area contributed by atoms with Crippen LogP contribution in [0.4, 0.5) is 0 Å². The summed E-state index contributed by atoms with van der Waals surface area (Å²) < 4.78 is 0. The summed E-state index contributed by atoms with van der Waals surface area (Å²) in [5, 5.41) is 37.9. The van der Waals surface area contributed by atoms with Crippen LogP contribution in [-0.2, 0) is 19.2 Å². The Hall–Kier alpha value is -2.12. The Bertz CT molecular complexity index is 541. The Labute approximate surface area is 153 Å². The van der Waals surface area contributed by atoms with Gasteiger partial charge in [0.2, 0.25) is 0 Å². The number of carboxylic acids is 4. The maximum atomic E-state index is 11.9. The van der Waals surface area contributed by atoms with Gasteiger partial charge in [-0.15, -0.1) is 0 Å². The van der Waals surface area contributed by atoms with Gasteiger partial charge in [0.15, 0.2) is 0 Å². The second-order valence-corrected chi connectivity index (χ2v) is 7.54. The van der Waals surface area contributed by atoms with Crippen molar-refractivity contribution in [3.8, 4) is 0 Å². The lowest BCUT2D eigenvalue weighted by molar-refractivity contribution is -0.157. The average molecular weight is 374 g/mol. The van der Waals surface area contributed by atoms with Gasteiger partial charge in [0.25, 0.3) is 0 Å².